The minimum absolute atomic E-state index is 0.117. The fourth-order valence-corrected chi connectivity index (χ4v) is 2.05. The van der Waals surface area contributed by atoms with Crippen molar-refractivity contribution < 1.29 is 28.2 Å². The third-order valence-corrected chi connectivity index (χ3v) is 3.29. The molecule has 0 aliphatic heterocycles. The fourth-order valence-electron chi connectivity index (χ4n) is 2.05. The molecule has 0 saturated carbocycles. The number of ether oxygens (including phenoxy) is 3. The van der Waals surface area contributed by atoms with Crippen LogP contribution in [-0.4, -0.2) is 33.2 Å². The van der Waals surface area contributed by atoms with E-state index in [2.05, 4.69) is 10.1 Å². The number of carbonyl (C=O) groups excluding carboxylic acids is 2. The minimum atomic E-state index is -0.683. The molecule has 0 aromatic heterocycles. The molecule has 2 aromatic rings. The van der Waals surface area contributed by atoms with Crippen LogP contribution in [0.25, 0.3) is 0 Å². The van der Waals surface area contributed by atoms with Gasteiger partial charge in [-0.1, -0.05) is 0 Å². The predicted molar refractivity (Wildman–Crippen MR) is 85.2 cm³/mol. The highest BCUT2D eigenvalue weighted by Gasteiger charge is 2.17. The van der Waals surface area contributed by atoms with Crippen LogP contribution in [0.5, 0.6) is 11.5 Å². The number of hydrogen-bond donors (Lipinski definition) is 1. The molecule has 0 unspecified atom stereocenters. The van der Waals surface area contributed by atoms with E-state index < -0.39 is 17.7 Å². The SMILES string of the molecule is COC(=O)c1ccc(F)c(NC(=O)c2cc(OC)ccc2OC)c1. The lowest BCUT2D eigenvalue weighted by atomic mass is 10.1. The predicted octanol–water partition coefficient (Wildman–Crippen LogP) is 2.88. The summed E-state index contributed by atoms with van der Waals surface area (Å²) in [6.45, 7) is 0. The van der Waals surface area contributed by atoms with Gasteiger partial charge in [0.25, 0.3) is 5.91 Å². The molecule has 0 heterocycles. The Bertz CT molecular complexity index is 776. The van der Waals surface area contributed by atoms with Gasteiger partial charge in [-0.05, 0) is 36.4 Å². The number of halogens is 1. The van der Waals surface area contributed by atoms with E-state index in [1.807, 2.05) is 0 Å². The van der Waals surface area contributed by atoms with Crippen LogP contribution in [0.4, 0.5) is 10.1 Å². The summed E-state index contributed by atoms with van der Waals surface area (Å²) in [5, 5.41) is 2.41. The lowest BCUT2D eigenvalue weighted by Crippen LogP contribution is -2.15. The van der Waals surface area contributed by atoms with Gasteiger partial charge in [0.05, 0.1) is 38.1 Å². The van der Waals surface area contributed by atoms with Crippen LogP contribution in [0, 0.1) is 5.82 Å². The van der Waals surface area contributed by atoms with Crippen molar-refractivity contribution in [3.05, 3.63) is 53.3 Å². The lowest BCUT2D eigenvalue weighted by Gasteiger charge is -2.12. The third kappa shape index (κ3) is 3.62. The summed E-state index contributed by atoms with van der Waals surface area (Å²) < 4.78 is 28.7. The summed E-state index contributed by atoms with van der Waals surface area (Å²) in [6, 6.07) is 8.21. The molecule has 1 N–H and O–H groups in total. The molecular weight excluding hydrogens is 317 g/mol. The van der Waals surface area contributed by atoms with E-state index in [-0.39, 0.29) is 16.8 Å². The zero-order valence-electron chi connectivity index (χ0n) is 13.4. The van der Waals surface area contributed by atoms with Gasteiger partial charge in [-0.3, -0.25) is 4.79 Å². The summed E-state index contributed by atoms with van der Waals surface area (Å²) in [5.74, 6) is -1.17. The molecule has 0 aliphatic carbocycles. The molecule has 0 aliphatic rings. The van der Waals surface area contributed by atoms with Crippen molar-refractivity contribution in [3.63, 3.8) is 0 Å². The first-order valence-corrected chi connectivity index (χ1v) is 6.91. The molecule has 7 heteroatoms. The summed E-state index contributed by atoms with van der Waals surface area (Å²) >= 11 is 0. The minimum Gasteiger partial charge on any atom is -0.497 e. The molecule has 0 atom stereocenters. The van der Waals surface area contributed by atoms with Crippen molar-refractivity contribution in [1.29, 1.82) is 0 Å². The first-order valence-electron chi connectivity index (χ1n) is 6.91. The van der Waals surface area contributed by atoms with Crippen molar-refractivity contribution in [2.45, 2.75) is 0 Å². The van der Waals surface area contributed by atoms with E-state index in [1.54, 1.807) is 12.1 Å². The molecule has 126 valence electrons. The summed E-state index contributed by atoms with van der Waals surface area (Å²) in [5.41, 5.74) is 0.138. The van der Waals surface area contributed by atoms with Gasteiger partial charge < -0.3 is 19.5 Å². The Morgan fingerprint density at radius 1 is 1.00 bits per heavy atom. The molecule has 6 nitrogen and oxygen atoms in total. The van der Waals surface area contributed by atoms with Gasteiger partial charge >= 0.3 is 5.97 Å². The van der Waals surface area contributed by atoms with E-state index in [0.29, 0.717) is 11.5 Å². The van der Waals surface area contributed by atoms with Crippen LogP contribution in [0.15, 0.2) is 36.4 Å². The van der Waals surface area contributed by atoms with Crippen LogP contribution in [0.2, 0.25) is 0 Å². The molecule has 0 fully saturated rings. The van der Waals surface area contributed by atoms with Gasteiger partial charge in [-0.2, -0.15) is 0 Å². The number of methoxy groups -OCH3 is 3. The van der Waals surface area contributed by atoms with Crippen LogP contribution < -0.4 is 14.8 Å². The first-order chi connectivity index (χ1) is 11.5. The Morgan fingerprint density at radius 2 is 1.75 bits per heavy atom. The highest BCUT2D eigenvalue weighted by Crippen LogP contribution is 2.26. The van der Waals surface area contributed by atoms with Gasteiger partial charge in [0.1, 0.15) is 17.3 Å². The molecule has 0 saturated heterocycles. The van der Waals surface area contributed by atoms with Gasteiger partial charge in [0.2, 0.25) is 0 Å². The lowest BCUT2D eigenvalue weighted by molar-refractivity contribution is 0.0600. The molecule has 2 rings (SSSR count). The van der Waals surface area contributed by atoms with Crippen molar-refractivity contribution in [3.8, 4) is 11.5 Å². The topological polar surface area (TPSA) is 73.9 Å². The zero-order chi connectivity index (χ0) is 17.7. The number of hydrogen-bond acceptors (Lipinski definition) is 5. The standard InChI is InChI=1S/C17H16FNO5/c1-22-11-5-7-15(23-2)12(9-11)16(20)19-14-8-10(17(21)24-3)4-6-13(14)18/h4-9H,1-3H3,(H,19,20). The Morgan fingerprint density at radius 3 is 2.38 bits per heavy atom. The highest BCUT2D eigenvalue weighted by atomic mass is 19.1. The third-order valence-electron chi connectivity index (χ3n) is 3.29. The number of esters is 1. The molecule has 2 aromatic carbocycles. The average molecular weight is 333 g/mol. The van der Waals surface area contributed by atoms with Crippen LogP contribution in [-0.2, 0) is 4.74 Å². The molecule has 0 radical (unpaired) electrons. The Kier molecular flexibility index (Phi) is 5.36. The van der Waals surface area contributed by atoms with Gasteiger partial charge in [-0.15, -0.1) is 0 Å². The molecular formula is C17H16FNO5. The van der Waals surface area contributed by atoms with Gasteiger partial charge in [-0.25, -0.2) is 9.18 Å². The summed E-state index contributed by atoms with van der Waals surface area (Å²) in [4.78, 5) is 24.0. The number of benzene rings is 2. The van der Waals surface area contributed by atoms with E-state index in [9.17, 15) is 14.0 Å². The Hall–Kier alpha value is -3.09. The smallest absolute Gasteiger partial charge is 0.337 e. The normalized spacial score (nSPS) is 10.0. The van der Waals surface area contributed by atoms with Gasteiger partial charge in [0, 0.05) is 0 Å². The summed E-state index contributed by atoms with van der Waals surface area (Å²) in [6.07, 6.45) is 0. The van der Waals surface area contributed by atoms with Crippen molar-refractivity contribution in [2.24, 2.45) is 0 Å². The highest BCUT2D eigenvalue weighted by molar-refractivity contribution is 6.07. The number of rotatable bonds is 5. The Labute approximate surface area is 138 Å². The maximum Gasteiger partial charge on any atom is 0.337 e. The monoisotopic (exact) mass is 333 g/mol. The van der Waals surface area contributed by atoms with E-state index in [0.717, 1.165) is 6.07 Å². The first kappa shape index (κ1) is 17.3. The average Bonchev–Trinajstić information content (AvgIpc) is 2.62. The maximum absolute atomic E-state index is 13.9. The maximum atomic E-state index is 13.9. The molecule has 0 bridgehead atoms. The van der Waals surface area contributed by atoms with Crippen molar-refractivity contribution in [2.75, 3.05) is 26.6 Å². The largest absolute Gasteiger partial charge is 0.497 e. The molecule has 24 heavy (non-hydrogen) atoms. The quantitative estimate of drug-likeness (QED) is 0.852. The zero-order valence-corrected chi connectivity index (χ0v) is 13.4. The fraction of sp³-hybridized carbons (Fsp3) is 0.176. The second-order valence-electron chi connectivity index (χ2n) is 4.71. The second-order valence-corrected chi connectivity index (χ2v) is 4.71. The van der Waals surface area contributed by atoms with Crippen LogP contribution in [0.3, 0.4) is 0 Å². The molecule has 0 spiro atoms. The van der Waals surface area contributed by atoms with Crippen LogP contribution in [0.1, 0.15) is 20.7 Å². The summed E-state index contributed by atoms with van der Waals surface area (Å²) in [7, 11) is 4.09. The number of carbonyl (C=O) groups is 2. The van der Waals surface area contributed by atoms with Crippen LogP contribution >= 0.6 is 0 Å². The van der Waals surface area contributed by atoms with Crippen molar-refractivity contribution in [1.82, 2.24) is 0 Å². The van der Waals surface area contributed by atoms with E-state index in [4.69, 9.17) is 9.47 Å². The number of anilines is 1. The van der Waals surface area contributed by atoms with E-state index >= 15 is 0 Å². The van der Waals surface area contributed by atoms with E-state index in [1.165, 1.54) is 39.5 Å². The number of amides is 1. The van der Waals surface area contributed by atoms with Crippen molar-refractivity contribution >= 4 is 17.6 Å². The van der Waals surface area contributed by atoms with Gasteiger partial charge in [0.15, 0.2) is 0 Å². The molecule has 1 amide bonds. The Balaban J connectivity index is 2.34. The second kappa shape index (κ2) is 7.45. The number of nitrogens with one attached hydrogen (secondary N) is 1.